The predicted molar refractivity (Wildman–Crippen MR) is 116 cm³/mol. The number of esters is 2. The number of hydrogen-bond acceptors (Lipinski definition) is 6. The summed E-state index contributed by atoms with van der Waals surface area (Å²) in [5, 5.41) is 0. The maximum absolute atomic E-state index is 11.3. The molecule has 0 radical (unpaired) electrons. The van der Waals surface area contributed by atoms with Gasteiger partial charge in [-0.3, -0.25) is 0 Å². The minimum atomic E-state index is -0.517. The number of hydrogen-bond donors (Lipinski definition) is 0. The number of benzene rings is 2. The van der Waals surface area contributed by atoms with Gasteiger partial charge in [-0.1, -0.05) is 13.2 Å². The Labute approximate surface area is 179 Å². The molecule has 0 bridgehead atoms. The first-order valence-electron chi connectivity index (χ1n) is 9.29. The normalized spacial score (nSPS) is 10.5. The topological polar surface area (TPSA) is 75.0 Å². The van der Waals surface area contributed by atoms with Crippen LogP contribution in [0.5, 0.6) is 11.5 Å². The smallest absolute Gasteiger partial charge is 0.338 e. The van der Waals surface area contributed by atoms with Crippen LogP contribution in [-0.4, -0.2) is 11.9 Å². The van der Waals surface area contributed by atoms with Crippen LogP contribution in [0.4, 0.5) is 0 Å². The molecule has 1 heterocycles. The van der Waals surface area contributed by atoms with Gasteiger partial charge in [-0.25, -0.2) is 9.59 Å². The van der Waals surface area contributed by atoms with Gasteiger partial charge in [-0.15, -0.1) is 0 Å². The van der Waals surface area contributed by atoms with Crippen molar-refractivity contribution >= 4 is 11.9 Å². The van der Waals surface area contributed by atoms with Crippen LogP contribution in [-0.2, 0) is 14.3 Å². The van der Waals surface area contributed by atoms with Crippen LogP contribution >= 0.6 is 0 Å². The van der Waals surface area contributed by atoms with Crippen molar-refractivity contribution in [2.75, 3.05) is 0 Å². The van der Waals surface area contributed by atoms with Gasteiger partial charge in [0, 0.05) is 22.8 Å². The van der Waals surface area contributed by atoms with Gasteiger partial charge in [0.05, 0.1) is 0 Å². The van der Waals surface area contributed by atoms with Crippen LogP contribution < -0.4 is 9.47 Å². The fraction of sp³-hybridized carbons (Fsp3) is 0.0400. The van der Waals surface area contributed by atoms with E-state index < -0.39 is 11.9 Å². The second kappa shape index (κ2) is 9.93. The molecule has 6 nitrogen and oxygen atoms in total. The maximum Gasteiger partial charge on any atom is 0.338 e. The van der Waals surface area contributed by atoms with Gasteiger partial charge in [0.1, 0.15) is 35.5 Å². The van der Waals surface area contributed by atoms with Crippen molar-refractivity contribution in [3.63, 3.8) is 0 Å². The molecule has 0 spiro atoms. The average molecular weight is 416 g/mol. The first-order valence-corrected chi connectivity index (χ1v) is 9.29. The van der Waals surface area contributed by atoms with Gasteiger partial charge >= 0.3 is 11.9 Å². The molecular formula is C25H20O6. The molecule has 1 aromatic heterocycles. The molecule has 3 aromatic rings. The third kappa shape index (κ3) is 5.83. The van der Waals surface area contributed by atoms with E-state index in [1.165, 1.54) is 6.26 Å². The fourth-order valence-electron chi connectivity index (χ4n) is 2.49. The SMILES string of the molecule is C=CC(=O)Oc1ccc(-c2ccc(-c3ccc(OC=COC(=O)C(=C)C)cc3)o2)cc1. The van der Waals surface area contributed by atoms with Crippen molar-refractivity contribution in [1.82, 2.24) is 0 Å². The summed E-state index contributed by atoms with van der Waals surface area (Å²) in [7, 11) is 0. The summed E-state index contributed by atoms with van der Waals surface area (Å²) in [6.45, 7) is 8.42. The molecule has 3 rings (SSSR count). The zero-order valence-corrected chi connectivity index (χ0v) is 16.9. The standard InChI is InChI=1S/C25H20O6/c1-4-24(26)30-21-11-7-19(8-12-21)23-14-13-22(31-23)18-5-9-20(10-6-18)28-15-16-29-25(27)17(2)3/h4-16H,1-2H2,3H3. The van der Waals surface area contributed by atoms with E-state index in [0.29, 0.717) is 28.6 Å². The third-order valence-corrected chi connectivity index (χ3v) is 4.05. The molecule has 0 N–H and O–H groups in total. The monoisotopic (exact) mass is 416 g/mol. The quantitative estimate of drug-likeness (QED) is 0.204. The van der Waals surface area contributed by atoms with Crippen molar-refractivity contribution < 1.29 is 28.2 Å². The molecule has 0 fully saturated rings. The van der Waals surface area contributed by atoms with Gasteiger partial charge in [-0.05, 0) is 67.6 Å². The lowest BCUT2D eigenvalue weighted by molar-refractivity contribution is -0.133. The number of rotatable bonds is 8. The number of ether oxygens (including phenoxy) is 3. The first kappa shape index (κ1) is 21.4. The zero-order valence-electron chi connectivity index (χ0n) is 16.9. The largest absolute Gasteiger partial charge is 0.462 e. The number of carbonyl (C=O) groups excluding carboxylic acids is 2. The molecule has 0 aliphatic carbocycles. The molecule has 31 heavy (non-hydrogen) atoms. The van der Waals surface area contributed by atoms with Crippen LogP contribution in [0.2, 0.25) is 0 Å². The van der Waals surface area contributed by atoms with Crippen molar-refractivity contribution in [2.45, 2.75) is 6.92 Å². The van der Waals surface area contributed by atoms with Crippen molar-refractivity contribution in [2.24, 2.45) is 0 Å². The maximum atomic E-state index is 11.3. The Morgan fingerprint density at radius 2 is 1.39 bits per heavy atom. The second-order valence-corrected chi connectivity index (χ2v) is 6.41. The summed E-state index contributed by atoms with van der Waals surface area (Å²) >= 11 is 0. The minimum Gasteiger partial charge on any atom is -0.462 e. The summed E-state index contributed by atoms with van der Waals surface area (Å²) in [6.07, 6.45) is 3.54. The molecular weight excluding hydrogens is 396 g/mol. The number of furan rings is 1. The van der Waals surface area contributed by atoms with Crippen molar-refractivity contribution in [3.05, 3.63) is 98.0 Å². The van der Waals surface area contributed by atoms with Gasteiger partial charge in [0.15, 0.2) is 0 Å². The van der Waals surface area contributed by atoms with E-state index >= 15 is 0 Å². The van der Waals surface area contributed by atoms with Crippen LogP contribution in [0.25, 0.3) is 22.6 Å². The molecule has 6 heteroatoms. The molecule has 0 saturated heterocycles. The van der Waals surface area contributed by atoms with Crippen LogP contribution in [0, 0.1) is 0 Å². The van der Waals surface area contributed by atoms with Gasteiger partial charge in [-0.2, -0.15) is 0 Å². The summed E-state index contributed by atoms with van der Waals surface area (Å²) in [5.41, 5.74) is 2.02. The highest BCUT2D eigenvalue weighted by atomic mass is 16.5. The van der Waals surface area contributed by atoms with E-state index in [2.05, 4.69) is 13.2 Å². The molecule has 0 aliphatic heterocycles. The highest BCUT2D eigenvalue weighted by molar-refractivity contribution is 5.87. The van der Waals surface area contributed by atoms with Crippen molar-refractivity contribution in [3.8, 4) is 34.1 Å². The number of carbonyl (C=O) groups is 2. The summed E-state index contributed by atoms with van der Waals surface area (Å²) in [5.74, 6) is 1.34. The Morgan fingerprint density at radius 1 is 0.839 bits per heavy atom. The molecule has 0 unspecified atom stereocenters. The lowest BCUT2D eigenvalue weighted by Crippen LogP contribution is -2.02. The predicted octanol–water partition coefficient (Wildman–Crippen LogP) is 5.67. The summed E-state index contributed by atoms with van der Waals surface area (Å²) < 4.78 is 21.2. The average Bonchev–Trinajstić information content (AvgIpc) is 3.27. The van der Waals surface area contributed by atoms with E-state index in [1.807, 2.05) is 24.3 Å². The molecule has 156 valence electrons. The van der Waals surface area contributed by atoms with E-state index in [1.54, 1.807) is 43.3 Å². The molecule has 0 saturated carbocycles. The van der Waals surface area contributed by atoms with E-state index in [0.717, 1.165) is 23.5 Å². The zero-order chi connectivity index (χ0) is 22.2. The van der Waals surface area contributed by atoms with Gasteiger partial charge in [0.2, 0.25) is 0 Å². The van der Waals surface area contributed by atoms with Crippen LogP contribution in [0.1, 0.15) is 6.92 Å². The Balaban J connectivity index is 1.62. The molecule has 0 atom stereocenters. The van der Waals surface area contributed by atoms with E-state index in [9.17, 15) is 9.59 Å². The highest BCUT2D eigenvalue weighted by Crippen LogP contribution is 2.30. The van der Waals surface area contributed by atoms with Crippen LogP contribution in [0.15, 0.2) is 102 Å². The molecule has 0 amide bonds. The molecule has 0 aliphatic rings. The lowest BCUT2D eigenvalue weighted by Gasteiger charge is -2.03. The first-order chi connectivity index (χ1) is 15.0. The van der Waals surface area contributed by atoms with E-state index in [4.69, 9.17) is 18.6 Å². The van der Waals surface area contributed by atoms with E-state index in [-0.39, 0.29) is 0 Å². The highest BCUT2D eigenvalue weighted by Gasteiger charge is 2.08. The summed E-state index contributed by atoms with van der Waals surface area (Å²) in [6, 6.07) is 18.0. The Kier molecular flexibility index (Phi) is 6.85. The summed E-state index contributed by atoms with van der Waals surface area (Å²) in [4.78, 5) is 22.5. The van der Waals surface area contributed by atoms with Gasteiger partial charge < -0.3 is 18.6 Å². The Hall–Kier alpha value is -4.32. The van der Waals surface area contributed by atoms with Crippen molar-refractivity contribution in [1.29, 1.82) is 0 Å². The van der Waals surface area contributed by atoms with Crippen LogP contribution in [0.3, 0.4) is 0 Å². The van der Waals surface area contributed by atoms with Gasteiger partial charge in [0.25, 0.3) is 0 Å². The lowest BCUT2D eigenvalue weighted by atomic mass is 10.1. The molecule has 2 aromatic carbocycles. The Morgan fingerprint density at radius 3 is 1.90 bits per heavy atom. The Bertz CT molecular complexity index is 1120. The second-order valence-electron chi connectivity index (χ2n) is 6.41. The minimum absolute atomic E-state index is 0.305. The fourth-order valence-corrected chi connectivity index (χ4v) is 2.49. The third-order valence-electron chi connectivity index (χ3n) is 4.05.